The smallest absolute Gasteiger partial charge is 0.236 e. The molecule has 1 saturated heterocycles. The lowest BCUT2D eigenvalue weighted by Gasteiger charge is -2.32. The van der Waals surface area contributed by atoms with E-state index in [0.29, 0.717) is 30.2 Å². The van der Waals surface area contributed by atoms with Crippen LogP contribution in [-0.2, 0) is 17.9 Å². The second-order valence-corrected chi connectivity index (χ2v) is 10.0. The molecule has 3 aromatic rings. The summed E-state index contributed by atoms with van der Waals surface area (Å²) in [5.41, 5.74) is 2.67. The van der Waals surface area contributed by atoms with Crippen molar-refractivity contribution in [3.63, 3.8) is 0 Å². The summed E-state index contributed by atoms with van der Waals surface area (Å²) in [5, 5.41) is 9.85. The van der Waals surface area contributed by atoms with E-state index in [1.165, 1.54) is 6.20 Å². The Bertz CT molecular complexity index is 1250. The lowest BCUT2D eigenvalue weighted by Crippen LogP contribution is -2.35. The number of nitrogens with zero attached hydrogens (tertiary/aromatic N) is 7. The van der Waals surface area contributed by atoms with Crippen molar-refractivity contribution < 1.29 is 9.18 Å². The van der Waals surface area contributed by atoms with Gasteiger partial charge >= 0.3 is 0 Å². The van der Waals surface area contributed by atoms with Crippen molar-refractivity contribution in [1.82, 2.24) is 29.5 Å². The number of likely N-dealkylation sites (N-methyl/N-ethyl adjacent to an activating group) is 1. The predicted octanol–water partition coefficient (Wildman–Crippen LogP) is 3.55. The van der Waals surface area contributed by atoms with Crippen LogP contribution in [0.1, 0.15) is 41.5 Å². The molecule has 1 fully saturated rings. The van der Waals surface area contributed by atoms with Gasteiger partial charge in [0.1, 0.15) is 17.5 Å². The second-order valence-electron chi connectivity index (χ2n) is 9.57. The van der Waals surface area contributed by atoms with E-state index in [-0.39, 0.29) is 17.6 Å². The van der Waals surface area contributed by atoms with E-state index in [2.05, 4.69) is 29.5 Å². The number of benzene rings is 1. The number of aromatic nitrogens is 4. The molecule has 1 aromatic carbocycles. The lowest BCUT2D eigenvalue weighted by atomic mass is 9.95. The first-order valence-corrected chi connectivity index (χ1v) is 12.2. The van der Waals surface area contributed by atoms with Gasteiger partial charge in [-0.25, -0.2) is 9.37 Å². The predicted molar refractivity (Wildman–Crippen MR) is 132 cm³/mol. The van der Waals surface area contributed by atoms with Crippen LogP contribution in [-0.4, -0.2) is 69.2 Å². The van der Waals surface area contributed by atoms with Crippen molar-refractivity contribution in [2.45, 2.75) is 38.8 Å². The summed E-state index contributed by atoms with van der Waals surface area (Å²) < 4.78 is 15.8. The fourth-order valence-electron chi connectivity index (χ4n) is 4.86. The van der Waals surface area contributed by atoms with Crippen molar-refractivity contribution in [2.24, 2.45) is 0 Å². The van der Waals surface area contributed by atoms with Crippen LogP contribution in [0, 0.1) is 12.7 Å². The topological polar surface area (TPSA) is 70.4 Å². The molecular weight excluding hydrogens is 469 g/mol. The monoisotopic (exact) mass is 497 g/mol. The van der Waals surface area contributed by atoms with E-state index in [4.69, 9.17) is 11.6 Å². The highest BCUT2D eigenvalue weighted by Gasteiger charge is 2.31. The zero-order valence-corrected chi connectivity index (χ0v) is 21.0. The highest BCUT2D eigenvalue weighted by Crippen LogP contribution is 2.34. The van der Waals surface area contributed by atoms with E-state index < -0.39 is 0 Å². The molecule has 184 valence electrons. The first-order chi connectivity index (χ1) is 16.8. The highest BCUT2D eigenvalue weighted by atomic mass is 35.5. The Kier molecular flexibility index (Phi) is 6.46. The third kappa shape index (κ3) is 4.75. The molecule has 2 aliphatic heterocycles. The number of rotatable bonds is 4. The third-order valence-electron chi connectivity index (χ3n) is 6.87. The van der Waals surface area contributed by atoms with Crippen LogP contribution >= 0.6 is 11.6 Å². The van der Waals surface area contributed by atoms with E-state index >= 15 is 0 Å². The molecule has 10 heteroatoms. The highest BCUT2D eigenvalue weighted by molar-refractivity contribution is 6.30. The number of fused-ring (bicyclic) bond motifs is 3. The molecule has 0 spiro atoms. The number of pyridine rings is 1. The minimum absolute atomic E-state index is 0.0405. The van der Waals surface area contributed by atoms with Crippen molar-refractivity contribution in [3.8, 4) is 5.69 Å². The SMILES string of the molecule is Cc1cc(N2CCC(c3nnc4n3-c3ccc(Cl)cc3CN(CC(=O)N(C)C)C4)CC2)ncc1F. The van der Waals surface area contributed by atoms with Crippen LogP contribution in [0.3, 0.4) is 0 Å². The molecule has 4 heterocycles. The average molecular weight is 498 g/mol. The fourth-order valence-corrected chi connectivity index (χ4v) is 5.06. The summed E-state index contributed by atoms with van der Waals surface area (Å²) in [4.78, 5) is 22.6. The van der Waals surface area contributed by atoms with Crippen LogP contribution in [0.25, 0.3) is 5.69 Å². The van der Waals surface area contributed by atoms with Crippen molar-refractivity contribution >= 4 is 23.3 Å². The molecule has 0 saturated carbocycles. The fraction of sp³-hybridized carbons (Fsp3) is 0.440. The quantitative estimate of drug-likeness (QED) is 0.549. The molecule has 0 aliphatic carbocycles. The van der Waals surface area contributed by atoms with Gasteiger partial charge in [-0.05, 0) is 55.2 Å². The Balaban J connectivity index is 1.42. The molecule has 0 atom stereocenters. The maximum atomic E-state index is 13.7. The van der Waals surface area contributed by atoms with Gasteiger partial charge < -0.3 is 9.80 Å². The summed E-state index contributed by atoms with van der Waals surface area (Å²) in [6.07, 6.45) is 3.08. The van der Waals surface area contributed by atoms with Gasteiger partial charge in [0.25, 0.3) is 0 Å². The number of hydrogen-bond acceptors (Lipinski definition) is 6. The molecule has 0 unspecified atom stereocenters. The number of hydrogen-bond donors (Lipinski definition) is 0. The van der Waals surface area contributed by atoms with Crippen molar-refractivity contribution in [3.05, 3.63) is 64.1 Å². The first-order valence-electron chi connectivity index (χ1n) is 11.8. The molecule has 2 aliphatic rings. The maximum Gasteiger partial charge on any atom is 0.236 e. The van der Waals surface area contributed by atoms with Crippen LogP contribution in [0.15, 0.2) is 30.5 Å². The number of piperidine rings is 1. The molecule has 0 bridgehead atoms. The normalized spacial score (nSPS) is 16.5. The van der Waals surface area contributed by atoms with Gasteiger partial charge in [0.05, 0.1) is 25.0 Å². The third-order valence-corrected chi connectivity index (χ3v) is 7.11. The molecule has 0 radical (unpaired) electrons. The van der Waals surface area contributed by atoms with E-state index in [1.807, 2.05) is 24.3 Å². The number of anilines is 1. The molecule has 5 rings (SSSR count). The average Bonchev–Trinajstić information content (AvgIpc) is 3.17. The van der Waals surface area contributed by atoms with Crippen LogP contribution in [0.2, 0.25) is 5.02 Å². The number of carbonyl (C=O) groups is 1. The lowest BCUT2D eigenvalue weighted by molar-refractivity contribution is -0.130. The summed E-state index contributed by atoms with van der Waals surface area (Å²) in [6.45, 7) is 4.80. The van der Waals surface area contributed by atoms with Gasteiger partial charge in [-0.15, -0.1) is 10.2 Å². The van der Waals surface area contributed by atoms with Crippen LogP contribution < -0.4 is 4.90 Å². The largest absolute Gasteiger partial charge is 0.357 e. The molecule has 8 nitrogen and oxygen atoms in total. The molecule has 2 aromatic heterocycles. The van der Waals surface area contributed by atoms with E-state index in [9.17, 15) is 9.18 Å². The minimum Gasteiger partial charge on any atom is -0.357 e. The van der Waals surface area contributed by atoms with Gasteiger partial charge in [-0.1, -0.05) is 11.6 Å². The van der Waals surface area contributed by atoms with Gasteiger partial charge in [0.2, 0.25) is 5.91 Å². The van der Waals surface area contributed by atoms with Gasteiger partial charge in [-0.3, -0.25) is 14.3 Å². The zero-order valence-electron chi connectivity index (χ0n) is 20.2. The molecular formula is C25H29ClFN7O. The summed E-state index contributed by atoms with van der Waals surface area (Å²) in [6, 6.07) is 7.68. The minimum atomic E-state index is -0.283. The second kappa shape index (κ2) is 9.54. The number of aryl methyl sites for hydroxylation is 1. The van der Waals surface area contributed by atoms with Crippen molar-refractivity contribution in [2.75, 3.05) is 38.6 Å². The maximum absolute atomic E-state index is 13.7. The van der Waals surface area contributed by atoms with Crippen LogP contribution in [0.5, 0.6) is 0 Å². The summed E-state index contributed by atoms with van der Waals surface area (Å²) in [7, 11) is 3.53. The number of amides is 1. The van der Waals surface area contributed by atoms with Crippen molar-refractivity contribution in [1.29, 1.82) is 0 Å². The Morgan fingerprint density at radius 3 is 2.66 bits per heavy atom. The standard InChI is InChI=1S/C25H29ClFN7O/c1-16-10-22(28-12-20(16)27)33-8-6-17(7-9-33)25-30-29-23-14-32(15-24(35)31(2)3)13-18-11-19(26)4-5-21(18)34(23)25/h4-5,10-12,17H,6-9,13-15H2,1-3H3. The van der Waals surface area contributed by atoms with Crippen LogP contribution in [0.4, 0.5) is 10.2 Å². The molecule has 0 N–H and O–H groups in total. The molecule has 1 amide bonds. The Hall–Kier alpha value is -3.04. The first kappa shape index (κ1) is 23.7. The van der Waals surface area contributed by atoms with Gasteiger partial charge in [-0.2, -0.15) is 0 Å². The van der Waals surface area contributed by atoms with E-state index in [1.54, 1.807) is 25.9 Å². The Morgan fingerprint density at radius 1 is 1.17 bits per heavy atom. The summed E-state index contributed by atoms with van der Waals surface area (Å²) in [5.74, 6) is 2.56. The number of halogens is 2. The number of carbonyl (C=O) groups excluding carboxylic acids is 1. The summed E-state index contributed by atoms with van der Waals surface area (Å²) >= 11 is 6.35. The Morgan fingerprint density at radius 2 is 1.94 bits per heavy atom. The molecule has 35 heavy (non-hydrogen) atoms. The Labute approximate surface area is 209 Å². The van der Waals surface area contributed by atoms with Gasteiger partial charge in [0.15, 0.2) is 5.82 Å². The van der Waals surface area contributed by atoms with Gasteiger partial charge in [0, 0.05) is 44.7 Å². The zero-order chi connectivity index (χ0) is 24.7. The van der Waals surface area contributed by atoms with E-state index in [0.717, 1.165) is 54.6 Å².